The van der Waals surface area contributed by atoms with Crippen LogP contribution >= 0.6 is 0 Å². The molecular formula is C8H15NO. The summed E-state index contributed by atoms with van der Waals surface area (Å²) >= 11 is 0. The van der Waals surface area contributed by atoms with Crippen molar-refractivity contribution < 1.29 is 4.84 Å². The summed E-state index contributed by atoms with van der Waals surface area (Å²) in [6, 6.07) is 0. The van der Waals surface area contributed by atoms with Crippen molar-refractivity contribution in [2.75, 3.05) is 13.2 Å². The van der Waals surface area contributed by atoms with Crippen LogP contribution in [0.3, 0.4) is 0 Å². The van der Waals surface area contributed by atoms with E-state index in [2.05, 4.69) is 5.48 Å². The number of hydrogen-bond donors (Lipinski definition) is 1. The van der Waals surface area contributed by atoms with Crippen molar-refractivity contribution in [3.05, 3.63) is 0 Å². The van der Waals surface area contributed by atoms with Crippen LogP contribution in [0.5, 0.6) is 0 Å². The molecule has 0 radical (unpaired) electrons. The maximum atomic E-state index is 5.19. The van der Waals surface area contributed by atoms with Gasteiger partial charge in [-0.15, -0.1) is 0 Å². The zero-order valence-electron chi connectivity index (χ0n) is 6.36. The van der Waals surface area contributed by atoms with Gasteiger partial charge < -0.3 is 4.84 Å². The minimum atomic E-state index is 0.540. The molecule has 1 N–H and O–H groups in total. The Morgan fingerprint density at radius 2 is 1.90 bits per heavy atom. The molecule has 1 spiro atoms. The van der Waals surface area contributed by atoms with E-state index in [9.17, 15) is 0 Å². The van der Waals surface area contributed by atoms with Crippen molar-refractivity contribution in [2.45, 2.75) is 32.1 Å². The van der Waals surface area contributed by atoms with Gasteiger partial charge in [-0.25, -0.2) is 5.48 Å². The third-order valence-electron chi connectivity index (χ3n) is 2.84. The number of hydrogen-bond acceptors (Lipinski definition) is 2. The second-order valence-electron chi connectivity index (χ2n) is 3.67. The average Bonchev–Trinajstić information content (AvgIpc) is 2.39. The number of rotatable bonds is 0. The van der Waals surface area contributed by atoms with E-state index in [1.54, 1.807) is 0 Å². The van der Waals surface area contributed by atoms with Gasteiger partial charge in [0.1, 0.15) is 0 Å². The van der Waals surface area contributed by atoms with Gasteiger partial charge in [0.15, 0.2) is 0 Å². The normalized spacial score (nSPS) is 31.2. The van der Waals surface area contributed by atoms with E-state index in [-0.39, 0.29) is 0 Å². The molecule has 2 fully saturated rings. The molecule has 0 atom stereocenters. The molecule has 2 rings (SSSR count). The number of hydroxylamine groups is 1. The van der Waals surface area contributed by atoms with Gasteiger partial charge in [-0.1, -0.05) is 19.3 Å². The van der Waals surface area contributed by atoms with E-state index < -0.39 is 0 Å². The minimum Gasteiger partial charge on any atom is -0.301 e. The smallest absolute Gasteiger partial charge is 0.0751 e. The minimum absolute atomic E-state index is 0.540. The first-order chi connectivity index (χ1) is 4.91. The zero-order chi connectivity index (χ0) is 6.86. The van der Waals surface area contributed by atoms with E-state index in [0.29, 0.717) is 5.41 Å². The third kappa shape index (κ3) is 1.06. The van der Waals surface area contributed by atoms with Gasteiger partial charge in [0.2, 0.25) is 0 Å². The molecule has 0 amide bonds. The van der Waals surface area contributed by atoms with Crippen LogP contribution in [0.2, 0.25) is 0 Å². The monoisotopic (exact) mass is 141 g/mol. The molecule has 0 aromatic heterocycles. The summed E-state index contributed by atoms with van der Waals surface area (Å²) in [6.45, 7) is 2.04. The molecule has 1 heterocycles. The van der Waals surface area contributed by atoms with Gasteiger partial charge in [0, 0.05) is 12.0 Å². The van der Waals surface area contributed by atoms with Crippen molar-refractivity contribution in [3.8, 4) is 0 Å². The van der Waals surface area contributed by atoms with Crippen molar-refractivity contribution >= 4 is 0 Å². The first kappa shape index (κ1) is 6.62. The maximum absolute atomic E-state index is 5.19. The van der Waals surface area contributed by atoms with E-state index >= 15 is 0 Å². The average molecular weight is 141 g/mol. The molecule has 1 saturated carbocycles. The van der Waals surface area contributed by atoms with Crippen LogP contribution in [0, 0.1) is 5.41 Å². The predicted octanol–water partition coefficient (Wildman–Crippen LogP) is 1.47. The lowest BCUT2D eigenvalue weighted by Gasteiger charge is -2.30. The van der Waals surface area contributed by atoms with Gasteiger partial charge >= 0.3 is 0 Å². The summed E-state index contributed by atoms with van der Waals surface area (Å²) < 4.78 is 0. The molecular weight excluding hydrogens is 126 g/mol. The molecule has 0 unspecified atom stereocenters. The topological polar surface area (TPSA) is 21.3 Å². The Morgan fingerprint density at radius 1 is 1.10 bits per heavy atom. The molecule has 0 aromatic carbocycles. The van der Waals surface area contributed by atoms with Crippen LogP contribution < -0.4 is 5.48 Å². The van der Waals surface area contributed by atoms with Crippen LogP contribution in [-0.2, 0) is 4.84 Å². The van der Waals surface area contributed by atoms with Crippen LogP contribution in [0.25, 0.3) is 0 Å². The van der Waals surface area contributed by atoms with Gasteiger partial charge in [0.25, 0.3) is 0 Å². The van der Waals surface area contributed by atoms with Crippen LogP contribution in [0.15, 0.2) is 0 Å². The lowest BCUT2D eigenvalue weighted by atomic mass is 9.75. The lowest BCUT2D eigenvalue weighted by Crippen LogP contribution is -2.28. The lowest BCUT2D eigenvalue weighted by molar-refractivity contribution is 0.0747. The second kappa shape index (κ2) is 2.51. The molecule has 2 heteroatoms. The fraction of sp³-hybridized carbons (Fsp3) is 1.00. The molecule has 10 heavy (non-hydrogen) atoms. The first-order valence-corrected chi connectivity index (χ1v) is 4.26. The highest BCUT2D eigenvalue weighted by Crippen LogP contribution is 2.37. The fourth-order valence-electron chi connectivity index (χ4n) is 2.08. The first-order valence-electron chi connectivity index (χ1n) is 4.26. The number of nitrogens with one attached hydrogen (secondary N) is 1. The van der Waals surface area contributed by atoms with Gasteiger partial charge in [-0.2, -0.15) is 0 Å². The largest absolute Gasteiger partial charge is 0.301 e. The standard InChI is InChI=1S/C8H15NO/c1-2-4-8(5-3-1)6-9-10-7-8/h9H,1-7H2. The summed E-state index contributed by atoms with van der Waals surface area (Å²) in [7, 11) is 0. The maximum Gasteiger partial charge on any atom is 0.0751 e. The molecule has 1 aliphatic heterocycles. The Balaban J connectivity index is 1.98. The Kier molecular flexibility index (Phi) is 1.66. The highest BCUT2D eigenvalue weighted by molar-refractivity contribution is 4.86. The quantitative estimate of drug-likeness (QED) is 0.551. The van der Waals surface area contributed by atoms with Crippen LogP contribution in [0.4, 0.5) is 0 Å². The summed E-state index contributed by atoms with van der Waals surface area (Å²) in [6.07, 6.45) is 7.00. The molecule has 2 aliphatic rings. The van der Waals surface area contributed by atoms with Crippen LogP contribution in [0.1, 0.15) is 32.1 Å². The molecule has 2 nitrogen and oxygen atoms in total. The summed E-state index contributed by atoms with van der Waals surface area (Å²) in [4.78, 5) is 5.19. The Labute approximate surface area is 61.9 Å². The van der Waals surface area contributed by atoms with Gasteiger partial charge in [-0.3, -0.25) is 0 Å². The molecule has 0 bridgehead atoms. The van der Waals surface area contributed by atoms with Gasteiger partial charge in [-0.05, 0) is 12.8 Å². The summed E-state index contributed by atoms with van der Waals surface area (Å²) in [5, 5.41) is 0. The van der Waals surface area contributed by atoms with Crippen LogP contribution in [-0.4, -0.2) is 13.2 Å². The Hall–Kier alpha value is -0.0800. The van der Waals surface area contributed by atoms with Crippen molar-refractivity contribution in [3.63, 3.8) is 0 Å². The molecule has 0 aromatic rings. The van der Waals surface area contributed by atoms with E-state index in [1.807, 2.05) is 0 Å². The van der Waals surface area contributed by atoms with E-state index in [4.69, 9.17) is 4.84 Å². The Morgan fingerprint density at radius 3 is 2.50 bits per heavy atom. The predicted molar refractivity (Wildman–Crippen MR) is 39.5 cm³/mol. The van der Waals surface area contributed by atoms with Crippen molar-refractivity contribution in [1.82, 2.24) is 5.48 Å². The molecule has 58 valence electrons. The zero-order valence-corrected chi connectivity index (χ0v) is 6.36. The second-order valence-corrected chi connectivity index (χ2v) is 3.67. The SMILES string of the molecule is C1CCC2(CC1)CNOC2. The van der Waals surface area contributed by atoms with Crippen molar-refractivity contribution in [2.24, 2.45) is 5.41 Å². The molecule has 1 saturated heterocycles. The molecule has 1 aliphatic carbocycles. The third-order valence-corrected chi connectivity index (χ3v) is 2.84. The summed E-state index contributed by atoms with van der Waals surface area (Å²) in [5.41, 5.74) is 3.52. The highest BCUT2D eigenvalue weighted by atomic mass is 16.7. The van der Waals surface area contributed by atoms with Crippen molar-refractivity contribution in [1.29, 1.82) is 0 Å². The fourth-order valence-corrected chi connectivity index (χ4v) is 2.08. The summed E-state index contributed by atoms with van der Waals surface area (Å²) in [5.74, 6) is 0. The van der Waals surface area contributed by atoms with Gasteiger partial charge in [0.05, 0.1) is 6.61 Å². The van der Waals surface area contributed by atoms with E-state index in [1.165, 1.54) is 32.1 Å². The highest BCUT2D eigenvalue weighted by Gasteiger charge is 2.35. The Bertz CT molecular complexity index is 110. The van der Waals surface area contributed by atoms with E-state index in [0.717, 1.165) is 13.2 Å².